The van der Waals surface area contributed by atoms with Gasteiger partial charge >= 0.3 is 5.97 Å². The number of pyridine rings is 1. The Morgan fingerprint density at radius 2 is 2.14 bits per heavy atom. The first kappa shape index (κ1) is 19.7. The van der Waals surface area contributed by atoms with Crippen molar-refractivity contribution < 1.29 is 19.0 Å². The van der Waals surface area contributed by atoms with Crippen molar-refractivity contribution in [3.63, 3.8) is 0 Å². The largest absolute Gasteiger partial charge is 0.489 e. The maximum absolute atomic E-state index is 15.3. The molecule has 1 aliphatic carbocycles. The lowest BCUT2D eigenvalue weighted by Crippen LogP contribution is -2.30. The lowest BCUT2D eigenvalue weighted by atomic mass is 10.0. The van der Waals surface area contributed by atoms with Crippen molar-refractivity contribution >= 4 is 22.6 Å². The molecule has 1 aliphatic heterocycles. The summed E-state index contributed by atoms with van der Waals surface area (Å²) < 4.78 is 23.0. The molecule has 8 heteroatoms. The first-order valence-corrected chi connectivity index (χ1v) is 10.1. The third-order valence-electron chi connectivity index (χ3n) is 5.94. The zero-order chi connectivity index (χ0) is 20.9. The Labute approximate surface area is 167 Å². The summed E-state index contributed by atoms with van der Waals surface area (Å²) in [6.45, 7) is 5.32. The van der Waals surface area contributed by atoms with Gasteiger partial charge in [0, 0.05) is 31.4 Å². The first-order chi connectivity index (χ1) is 13.8. The number of ether oxygens (including phenoxy) is 1. The fraction of sp³-hybridized carbons (Fsp3) is 0.524. The van der Waals surface area contributed by atoms with Gasteiger partial charge in [-0.05, 0) is 45.1 Å². The van der Waals surface area contributed by atoms with E-state index in [9.17, 15) is 14.7 Å². The van der Waals surface area contributed by atoms with Gasteiger partial charge in [-0.3, -0.25) is 4.79 Å². The van der Waals surface area contributed by atoms with Crippen molar-refractivity contribution in [1.29, 1.82) is 0 Å². The summed E-state index contributed by atoms with van der Waals surface area (Å²) in [7, 11) is 0. The van der Waals surface area contributed by atoms with E-state index in [1.54, 1.807) is 11.5 Å². The zero-order valence-electron chi connectivity index (χ0n) is 16.7. The summed E-state index contributed by atoms with van der Waals surface area (Å²) in [6.07, 6.45) is 4.00. The maximum atomic E-state index is 15.3. The molecule has 0 spiro atoms. The smallest absolute Gasteiger partial charge is 0.341 e. The highest BCUT2D eigenvalue weighted by molar-refractivity contribution is 5.97. The molecule has 2 heterocycles. The second-order valence-corrected chi connectivity index (χ2v) is 8.03. The van der Waals surface area contributed by atoms with Gasteiger partial charge in [0.1, 0.15) is 11.3 Å². The normalized spacial score (nSPS) is 20.3. The highest BCUT2D eigenvalue weighted by Gasteiger charge is 2.34. The van der Waals surface area contributed by atoms with E-state index in [4.69, 9.17) is 10.5 Å². The fourth-order valence-corrected chi connectivity index (χ4v) is 4.23. The van der Waals surface area contributed by atoms with E-state index < -0.39 is 17.2 Å². The van der Waals surface area contributed by atoms with Crippen molar-refractivity contribution in [3.8, 4) is 5.75 Å². The van der Waals surface area contributed by atoms with Crippen LogP contribution < -0.4 is 20.8 Å². The third-order valence-corrected chi connectivity index (χ3v) is 5.94. The van der Waals surface area contributed by atoms with Crippen molar-refractivity contribution in [1.82, 2.24) is 4.57 Å². The molecule has 29 heavy (non-hydrogen) atoms. The molecular weight excluding hydrogens is 377 g/mol. The number of rotatable bonds is 6. The van der Waals surface area contributed by atoms with Gasteiger partial charge in [0.15, 0.2) is 11.6 Å². The molecule has 1 aromatic carbocycles. The lowest BCUT2D eigenvalue weighted by molar-refractivity contribution is 0.0694. The van der Waals surface area contributed by atoms with Crippen LogP contribution >= 0.6 is 0 Å². The minimum atomic E-state index is -1.31. The molecule has 1 saturated carbocycles. The molecule has 4 rings (SSSR count). The molecule has 0 radical (unpaired) electrons. The number of benzene rings is 1. The first-order valence-electron chi connectivity index (χ1n) is 10.1. The Hall–Kier alpha value is -2.61. The van der Waals surface area contributed by atoms with Crippen LogP contribution in [0.3, 0.4) is 0 Å². The predicted octanol–water partition coefficient (Wildman–Crippen LogP) is 2.75. The molecule has 0 amide bonds. The number of anilines is 1. The zero-order valence-corrected chi connectivity index (χ0v) is 16.7. The monoisotopic (exact) mass is 403 g/mol. The summed E-state index contributed by atoms with van der Waals surface area (Å²) in [5, 5.41) is 9.49. The number of carboxylic acid groups (broad SMARTS) is 1. The molecule has 2 atom stereocenters. The van der Waals surface area contributed by atoms with E-state index in [0.29, 0.717) is 36.6 Å². The number of nitrogens with two attached hydrogens (primary N) is 1. The number of halogens is 1. The number of fused-ring (bicyclic) bond motifs is 1. The van der Waals surface area contributed by atoms with E-state index in [-0.39, 0.29) is 29.0 Å². The SMILES string of the molecule is CCOc1c(N2CC[C@@H](C(C)N)C2)c(F)cc2c(=O)c(C(=O)O)cn(C3CC3)c12. The van der Waals surface area contributed by atoms with Gasteiger partial charge in [0.05, 0.1) is 17.5 Å². The molecule has 156 valence electrons. The molecule has 3 N–H and O–H groups in total. The number of carbonyl (C=O) groups is 1. The van der Waals surface area contributed by atoms with Crippen molar-refractivity contribution in [2.24, 2.45) is 11.7 Å². The number of hydrogen-bond donors (Lipinski definition) is 2. The minimum absolute atomic E-state index is 0.00169. The average molecular weight is 403 g/mol. The van der Waals surface area contributed by atoms with E-state index in [1.165, 1.54) is 12.3 Å². The highest BCUT2D eigenvalue weighted by atomic mass is 19.1. The van der Waals surface area contributed by atoms with Crippen LogP contribution in [0.15, 0.2) is 17.1 Å². The molecule has 2 aliphatic rings. The summed E-state index contributed by atoms with van der Waals surface area (Å²) >= 11 is 0. The van der Waals surface area contributed by atoms with Crippen LogP contribution in [0.2, 0.25) is 0 Å². The fourth-order valence-electron chi connectivity index (χ4n) is 4.23. The predicted molar refractivity (Wildman–Crippen MR) is 109 cm³/mol. The Kier molecular flexibility index (Phi) is 4.98. The van der Waals surface area contributed by atoms with Gasteiger partial charge in [-0.1, -0.05) is 0 Å². The van der Waals surface area contributed by atoms with Crippen LogP contribution in [0, 0.1) is 11.7 Å². The molecule has 2 fully saturated rings. The maximum Gasteiger partial charge on any atom is 0.341 e. The van der Waals surface area contributed by atoms with Gasteiger partial charge in [-0.2, -0.15) is 0 Å². The highest BCUT2D eigenvalue weighted by Crippen LogP contribution is 2.44. The van der Waals surface area contributed by atoms with E-state index >= 15 is 4.39 Å². The summed E-state index contributed by atoms with van der Waals surface area (Å²) in [4.78, 5) is 26.3. The minimum Gasteiger partial charge on any atom is -0.489 e. The van der Waals surface area contributed by atoms with Gasteiger partial charge in [0.2, 0.25) is 5.43 Å². The molecule has 2 aromatic rings. The van der Waals surface area contributed by atoms with Crippen LogP contribution in [0.25, 0.3) is 10.9 Å². The second kappa shape index (κ2) is 7.33. The van der Waals surface area contributed by atoms with E-state index in [2.05, 4.69) is 0 Å². The number of carboxylic acids is 1. The number of aromatic nitrogens is 1. The van der Waals surface area contributed by atoms with Crippen molar-refractivity contribution in [2.75, 3.05) is 24.6 Å². The van der Waals surface area contributed by atoms with Crippen molar-refractivity contribution in [3.05, 3.63) is 33.9 Å². The Balaban J connectivity index is 1.98. The van der Waals surface area contributed by atoms with Gasteiger partial charge in [0.25, 0.3) is 0 Å². The Bertz CT molecular complexity index is 1030. The van der Waals surface area contributed by atoms with Gasteiger partial charge in [-0.25, -0.2) is 9.18 Å². The molecule has 1 aromatic heterocycles. The molecule has 7 nitrogen and oxygen atoms in total. The third kappa shape index (κ3) is 3.35. The van der Waals surface area contributed by atoms with Crippen LogP contribution in [0.4, 0.5) is 10.1 Å². The van der Waals surface area contributed by atoms with Crippen LogP contribution in [0.5, 0.6) is 5.75 Å². The molecular formula is C21H26FN3O4. The Morgan fingerprint density at radius 1 is 1.41 bits per heavy atom. The molecule has 0 bridgehead atoms. The van der Waals surface area contributed by atoms with E-state index in [1.807, 2.05) is 11.8 Å². The number of hydrogen-bond acceptors (Lipinski definition) is 5. The molecule has 1 unspecified atom stereocenters. The Morgan fingerprint density at radius 3 is 2.69 bits per heavy atom. The number of aromatic carboxylic acids is 1. The number of nitrogens with zero attached hydrogens (tertiary/aromatic N) is 2. The quantitative estimate of drug-likeness (QED) is 0.770. The second-order valence-electron chi connectivity index (χ2n) is 8.03. The van der Waals surface area contributed by atoms with Gasteiger partial charge < -0.3 is 25.0 Å². The summed E-state index contributed by atoms with van der Waals surface area (Å²) in [5.41, 5.74) is 5.82. The van der Waals surface area contributed by atoms with Gasteiger partial charge in [-0.15, -0.1) is 0 Å². The summed E-state index contributed by atoms with van der Waals surface area (Å²) in [5.74, 6) is -1.32. The molecule has 1 saturated heterocycles. The average Bonchev–Trinajstić information content (AvgIpc) is 3.39. The standard InChI is InChI=1S/C21H26FN3O4/c1-3-29-20-17-14(19(26)15(21(27)28)10-25(17)13-4-5-13)8-16(22)18(20)24-7-6-12(9-24)11(2)23/h8,10-13H,3-7,9,23H2,1-2H3,(H,27,28)/t11?,12-/m1/s1. The van der Waals surface area contributed by atoms with E-state index in [0.717, 1.165) is 19.3 Å². The lowest BCUT2D eigenvalue weighted by Gasteiger charge is -2.25. The summed E-state index contributed by atoms with van der Waals surface area (Å²) in [6, 6.07) is 1.26. The topological polar surface area (TPSA) is 97.8 Å². The van der Waals surface area contributed by atoms with Crippen LogP contribution in [-0.4, -0.2) is 41.4 Å². The van der Waals surface area contributed by atoms with Crippen LogP contribution in [0.1, 0.15) is 49.5 Å². The van der Waals surface area contributed by atoms with Crippen LogP contribution in [-0.2, 0) is 0 Å². The van der Waals surface area contributed by atoms with Crippen molar-refractivity contribution in [2.45, 2.75) is 45.2 Å².